The van der Waals surface area contributed by atoms with Crippen molar-refractivity contribution in [1.29, 1.82) is 0 Å². The summed E-state index contributed by atoms with van der Waals surface area (Å²) in [5, 5.41) is 0. The Kier molecular flexibility index (Phi) is 6.52. The molecule has 124 valence electrons. The first-order valence-corrected chi connectivity index (χ1v) is 7.15. The van der Waals surface area contributed by atoms with Gasteiger partial charge in [0, 0.05) is 0 Å². The van der Waals surface area contributed by atoms with Crippen LogP contribution in [0.3, 0.4) is 0 Å². The van der Waals surface area contributed by atoms with Gasteiger partial charge in [0.1, 0.15) is 13.1 Å². The smallest absolute Gasteiger partial charge is 0.358 e. The van der Waals surface area contributed by atoms with Crippen molar-refractivity contribution in [2.45, 2.75) is 26.5 Å². The minimum Gasteiger partial charge on any atom is -1.00 e. The lowest BCUT2D eigenvalue weighted by Crippen LogP contribution is -3.00. The quantitative estimate of drug-likeness (QED) is 0.444. The van der Waals surface area contributed by atoms with Crippen molar-refractivity contribution in [2.75, 3.05) is 33.4 Å². The van der Waals surface area contributed by atoms with Gasteiger partial charge in [-0.15, -0.1) is 16.5 Å². The van der Waals surface area contributed by atoms with Crippen molar-refractivity contribution in [3.8, 4) is 6.01 Å². The average molecular weight is 331 g/mol. The van der Waals surface area contributed by atoms with E-state index in [9.17, 15) is 4.79 Å². The van der Waals surface area contributed by atoms with Crippen LogP contribution < -0.4 is 27.3 Å². The largest absolute Gasteiger partial charge is 1.00 e. The molecule has 0 bridgehead atoms. The molecule has 1 saturated heterocycles. The van der Waals surface area contributed by atoms with Crippen molar-refractivity contribution in [3.63, 3.8) is 0 Å². The zero-order valence-corrected chi connectivity index (χ0v) is 14.0. The summed E-state index contributed by atoms with van der Waals surface area (Å²) < 4.78 is 12.9. The van der Waals surface area contributed by atoms with Crippen LogP contribution in [0.1, 0.15) is 13.8 Å². The lowest BCUT2D eigenvalue weighted by molar-refractivity contribution is -0.00000799. The van der Waals surface area contributed by atoms with Crippen LogP contribution in [0, 0.1) is 0 Å². The van der Waals surface area contributed by atoms with Crippen LogP contribution in [-0.2, 0) is 11.3 Å². The number of hydrogen-bond acceptors (Lipinski definition) is 5. The Morgan fingerprint density at radius 1 is 1.41 bits per heavy atom. The minimum atomic E-state index is -0.360. The summed E-state index contributed by atoms with van der Waals surface area (Å²) in [6.07, 6.45) is 1.56. The molecule has 0 radical (unpaired) electrons. The number of hydrogen-bond donors (Lipinski definition) is 0. The standard InChI is InChI=1S/C14H23N4O3.ClH/c1-5-6-17-13(19)15-12(16-14(17)21-11(2)3)18(4)7-9-20-10-8-18;/h5,11H,1,6-10H2,2-4H3;1H/q+1;/p-1. The Labute approximate surface area is 136 Å². The molecule has 1 fully saturated rings. The van der Waals surface area contributed by atoms with Gasteiger partial charge in [-0.2, -0.15) is 0 Å². The van der Waals surface area contributed by atoms with E-state index in [1.54, 1.807) is 6.08 Å². The second kappa shape index (κ2) is 7.71. The van der Waals surface area contributed by atoms with Gasteiger partial charge in [-0.05, 0) is 13.8 Å². The van der Waals surface area contributed by atoms with Gasteiger partial charge >= 0.3 is 17.6 Å². The topological polar surface area (TPSA) is 66.2 Å². The Balaban J connectivity index is 0.00000242. The van der Waals surface area contributed by atoms with E-state index >= 15 is 0 Å². The molecule has 7 nitrogen and oxygen atoms in total. The van der Waals surface area contributed by atoms with E-state index in [1.165, 1.54) is 4.57 Å². The maximum absolute atomic E-state index is 12.3. The Morgan fingerprint density at radius 2 is 2.05 bits per heavy atom. The highest BCUT2D eigenvalue weighted by Crippen LogP contribution is 2.19. The minimum absolute atomic E-state index is 0. The highest BCUT2D eigenvalue weighted by atomic mass is 35.5. The normalized spacial score (nSPS) is 16.9. The fraction of sp³-hybridized carbons (Fsp3) is 0.643. The van der Waals surface area contributed by atoms with E-state index in [4.69, 9.17) is 9.47 Å². The molecule has 0 spiro atoms. The molecule has 22 heavy (non-hydrogen) atoms. The van der Waals surface area contributed by atoms with Gasteiger partial charge in [0.05, 0.1) is 32.9 Å². The predicted molar refractivity (Wildman–Crippen MR) is 80.5 cm³/mol. The lowest BCUT2D eigenvalue weighted by Gasteiger charge is -2.34. The van der Waals surface area contributed by atoms with E-state index in [0.717, 1.165) is 13.1 Å². The summed E-state index contributed by atoms with van der Waals surface area (Å²) in [5.74, 6) is 0.485. The molecule has 2 rings (SSSR count). The summed E-state index contributed by atoms with van der Waals surface area (Å²) in [6.45, 7) is 10.5. The number of halogens is 1. The maximum atomic E-state index is 12.3. The summed E-state index contributed by atoms with van der Waals surface area (Å²) in [6, 6.07) is 0.297. The molecule has 0 amide bonds. The highest BCUT2D eigenvalue weighted by molar-refractivity contribution is 5.25. The summed E-state index contributed by atoms with van der Waals surface area (Å²) in [4.78, 5) is 20.9. The van der Waals surface area contributed by atoms with Gasteiger partial charge in [0.15, 0.2) is 0 Å². The third-order valence-corrected chi connectivity index (χ3v) is 3.45. The van der Waals surface area contributed by atoms with Crippen molar-refractivity contribution in [3.05, 3.63) is 23.1 Å². The van der Waals surface area contributed by atoms with Crippen LogP contribution in [0.25, 0.3) is 0 Å². The van der Waals surface area contributed by atoms with Crippen LogP contribution in [0.2, 0.25) is 0 Å². The average Bonchev–Trinajstić information content (AvgIpc) is 2.42. The number of nitrogens with zero attached hydrogens (tertiary/aromatic N) is 4. The summed E-state index contributed by atoms with van der Waals surface area (Å²) in [7, 11) is 2.01. The molecule has 8 heteroatoms. The third-order valence-electron chi connectivity index (χ3n) is 3.45. The van der Waals surface area contributed by atoms with E-state index < -0.39 is 0 Å². The van der Waals surface area contributed by atoms with Crippen molar-refractivity contribution in [2.24, 2.45) is 0 Å². The summed E-state index contributed by atoms with van der Waals surface area (Å²) >= 11 is 0. The van der Waals surface area contributed by atoms with Gasteiger partial charge < -0.3 is 21.9 Å². The van der Waals surface area contributed by atoms with Crippen LogP contribution in [0.15, 0.2) is 17.4 Å². The fourth-order valence-corrected chi connectivity index (χ4v) is 2.17. The fourth-order valence-electron chi connectivity index (χ4n) is 2.17. The van der Waals surface area contributed by atoms with Gasteiger partial charge in [-0.3, -0.25) is 4.48 Å². The monoisotopic (exact) mass is 330 g/mol. The molecule has 0 unspecified atom stereocenters. The van der Waals surface area contributed by atoms with E-state index in [2.05, 4.69) is 16.5 Å². The Bertz CT molecular complexity index is 568. The number of quaternary nitrogens is 1. The molecular weight excluding hydrogens is 308 g/mol. The molecule has 0 aliphatic carbocycles. The van der Waals surface area contributed by atoms with Gasteiger partial charge in [0.25, 0.3) is 0 Å². The SMILES string of the molecule is C=CCn1c(OC(C)C)nc([N+]2(C)CCOCC2)nc1=O.[Cl-]. The van der Waals surface area contributed by atoms with Crippen LogP contribution >= 0.6 is 0 Å². The van der Waals surface area contributed by atoms with Gasteiger partial charge in [-0.25, -0.2) is 9.36 Å². The first kappa shape index (κ1) is 18.6. The molecule has 0 N–H and O–H groups in total. The van der Waals surface area contributed by atoms with Crippen molar-refractivity contribution < 1.29 is 21.9 Å². The van der Waals surface area contributed by atoms with Crippen LogP contribution in [0.4, 0.5) is 5.95 Å². The molecule has 1 aromatic rings. The van der Waals surface area contributed by atoms with Crippen molar-refractivity contribution >= 4 is 5.95 Å². The lowest BCUT2D eigenvalue weighted by atomic mass is 10.4. The first-order chi connectivity index (χ1) is 9.96. The van der Waals surface area contributed by atoms with Crippen molar-refractivity contribution in [1.82, 2.24) is 19.0 Å². The van der Waals surface area contributed by atoms with Gasteiger partial charge in [-0.1, -0.05) is 6.08 Å². The number of allylic oxidation sites excluding steroid dienone is 1. The second-order valence-electron chi connectivity index (χ2n) is 5.61. The van der Waals surface area contributed by atoms with E-state index in [1.807, 2.05) is 20.9 Å². The highest BCUT2D eigenvalue weighted by Gasteiger charge is 2.33. The van der Waals surface area contributed by atoms with E-state index in [-0.39, 0.29) is 24.2 Å². The Morgan fingerprint density at radius 3 is 2.59 bits per heavy atom. The second-order valence-corrected chi connectivity index (χ2v) is 5.61. The molecule has 1 aromatic heterocycles. The van der Waals surface area contributed by atoms with E-state index in [0.29, 0.717) is 36.2 Å². The number of morpholine rings is 1. The zero-order chi connectivity index (χ0) is 15.5. The molecule has 2 heterocycles. The molecule has 0 atom stereocenters. The number of aromatic nitrogens is 3. The first-order valence-electron chi connectivity index (χ1n) is 7.15. The number of ether oxygens (including phenoxy) is 2. The van der Waals surface area contributed by atoms with Crippen LogP contribution in [0.5, 0.6) is 6.01 Å². The third kappa shape index (κ3) is 4.06. The maximum Gasteiger partial charge on any atom is 0.358 e. The summed E-state index contributed by atoms with van der Waals surface area (Å²) in [5.41, 5.74) is -0.360. The zero-order valence-electron chi connectivity index (χ0n) is 13.3. The Hall–Kier alpha value is -1.44. The molecule has 1 aliphatic rings. The molecule has 0 aromatic carbocycles. The molecular formula is C14H23ClN4O3. The van der Waals surface area contributed by atoms with Crippen LogP contribution in [-0.4, -0.2) is 54.0 Å². The number of rotatable bonds is 5. The molecule has 0 saturated carbocycles. The number of likely N-dealkylation sites (N-methyl/N-ethyl adjacent to an activating group) is 1. The molecule has 1 aliphatic heterocycles. The van der Waals surface area contributed by atoms with Gasteiger partial charge in [0.2, 0.25) is 0 Å². The predicted octanol–water partition coefficient (Wildman–Crippen LogP) is -2.42.